The van der Waals surface area contributed by atoms with E-state index in [0.29, 0.717) is 13.1 Å². The van der Waals surface area contributed by atoms with Gasteiger partial charge in [0.05, 0.1) is 12.5 Å². The molecule has 1 amide bonds. The number of unbranched alkanes of at least 4 members (excludes halogenated alkanes) is 1. The van der Waals surface area contributed by atoms with Gasteiger partial charge in [-0.15, -0.1) is 0 Å². The van der Waals surface area contributed by atoms with Gasteiger partial charge < -0.3 is 24.5 Å². The lowest BCUT2D eigenvalue weighted by molar-refractivity contribution is -0.143. The molecular formula is C23H34N4O4. The van der Waals surface area contributed by atoms with Gasteiger partial charge in [-0.25, -0.2) is 4.79 Å². The summed E-state index contributed by atoms with van der Waals surface area (Å²) in [5.41, 5.74) is 1.19. The molecule has 3 fully saturated rings. The molecule has 0 radical (unpaired) electrons. The standard InChI is InChI=1S/C23H34N4O4/c28-22(29)18-4-3-13-25(16-18)12-2-1-5-21-17-27(23(30)31-21)20-8-14-26(15-9-20)19-6-10-24-11-7-19/h6-7,10-11,18,20-21H,1-5,8-9,12-17H2,(H,28,29). The van der Waals surface area contributed by atoms with E-state index in [1.165, 1.54) is 5.69 Å². The Labute approximate surface area is 184 Å². The predicted molar refractivity (Wildman–Crippen MR) is 117 cm³/mol. The summed E-state index contributed by atoms with van der Waals surface area (Å²) in [5.74, 6) is -0.891. The number of hydrogen-bond donors (Lipinski definition) is 1. The molecule has 3 aliphatic heterocycles. The monoisotopic (exact) mass is 430 g/mol. The lowest BCUT2D eigenvalue weighted by Gasteiger charge is -2.36. The summed E-state index contributed by atoms with van der Waals surface area (Å²) >= 11 is 0. The number of carbonyl (C=O) groups excluding carboxylic acids is 1. The van der Waals surface area contributed by atoms with Crippen LogP contribution < -0.4 is 4.90 Å². The number of pyridine rings is 1. The van der Waals surface area contributed by atoms with Crippen LogP contribution in [0.2, 0.25) is 0 Å². The van der Waals surface area contributed by atoms with E-state index < -0.39 is 5.97 Å². The highest BCUT2D eigenvalue weighted by Crippen LogP contribution is 2.27. The number of aliphatic carboxylic acids is 1. The fourth-order valence-corrected chi connectivity index (χ4v) is 5.15. The zero-order valence-corrected chi connectivity index (χ0v) is 18.2. The number of nitrogens with zero attached hydrogens (tertiary/aromatic N) is 4. The summed E-state index contributed by atoms with van der Waals surface area (Å²) in [6.07, 6.45) is 10.0. The average Bonchev–Trinajstić information content (AvgIpc) is 3.18. The maximum absolute atomic E-state index is 12.4. The van der Waals surface area contributed by atoms with E-state index in [0.717, 1.165) is 71.1 Å². The van der Waals surface area contributed by atoms with Gasteiger partial charge in [0.25, 0.3) is 0 Å². The van der Waals surface area contributed by atoms with E-state index >= 15 is 0 Å². The number of aromatic nitrogens is 1. The molecule has 4 heterocycles. The van der Waals surface area contributed by atoms with Gasteiger partial charge in [0.15, 0.2) is 0 Å². The summed E-state index contributed by atoms with van der Waals surface area (Å²) < 4.78 is 5.65. The van der Waals surface area contributed by atoms with Crippen molar-refractivity contribution in [3.05, 3.63) is 24.5 Å². The smallest absolute Gasteiger partial charge is 0.410 e. The summed E-state index contributed by atoms with van der Waals surface area (Å²) in [5, 5.41) is 9.22. The molecule has 0 saturated carbocycles. The molecule has 4 rings (SSSR count). The molecular weight excluding hydrogens is 396 g/mol. The highest BCUT2D eigenvalue weighted by Gasteiger charge is 2.37. The molecule has 8 heteroatoms. The van der Waals surface area contributed by atoms with Crippen molar-refractivity contribution in [3.8, 4) is 0 Å². The number of ether oxygens (including phenoxy) is 1. The Balaban J connectivity index is 1.15. The number of cyclic esters (lactones) is 1. The van der Waals surface area contributed by atoms with Crippen molar-refractivity contribution < 1.29 is 19.4 Å². The first-order valence-electron chi connectivity index (χ1n) is 11.7. The topological polar surface area (TPSA) is 86.2 Å². The average molecular weight is 431 g/mol. The maximum Gasteiger partial charge on any atom is 0.410 e. The maximum atomic E-state index is 12.4. The van der Waals surface area contributed by atoms with Crippen molar-refractivity contribution in [1.29, 1.82) is 0 Å². The summed E-state index contributed by atoms with van der Waals surface area (Å²) in [6, 6.07) is 4.33. The van der Waals surface area contributed by atoms with E-state index in [1.807, 2.05) is 29.4 Å². The SMILES string of the molecule is O=C(O)C1CCCN(CCCCC2CN(C3CCN(c4ccncc4)CC3)C(=O)O2)C1. The van der Waals surface area contributed by atoms with Crippen molar-refractivity contribution in [2.75, 3.05) is 44.2 Å². The molecule has 3 aliphatic rings. The quantitative estimate of drug-likeness (QED) is 0.635. The van der Waals surface area contributed by atoms with Crippen LogP contribution in [0.4, 0.5) is 10.5 Å². The van der Waals surface area contributed by atoms with E-state index in [-0.39, 0.29) is 24.2 Å². The van der Waals surface area contributed by atoms with Crippen LogP contribution in [0.5, 0.6) is 0 Å². The zero-order valence-electron chi connectivity index (χ0n) is 18.2. The van der Waals surface area contributed by atoms with Crippen LogP contribution >= 0.6 is 0 Å². The van der Waals surface area contributed by atoms with Gasteiger partial charge in [-0.05, 0) is 70.2 Å². The predicted octanol–water partition coefficient (Wildman–Crippen LogP) is 2.84. The minimum atomic E-state index is -0.672. The van der Waals surface area contributed by atoms with Crippen molar-refractivity contribution in [2.24, 2.45) is 5.92 Å². The van der Waals surface area contributed by atoms with Crippen molar-refractivity contribution >= 4 is 17.7 Å². The van der Waals surface area contributed by atoms with Crippen LogP contribution in [0.25, 0.3) is 0 Å². The third-order valence-corrected chi connectivity index (χ3v) is 6.94. The minimum absolute atomic E-state index is 0.0150. The molecule has 1 aromatic rings. The molecule has 8 nitrogen and oxygen atoms in total. The van der Waals surface area contributed by atoms with Crippen molar-refractivity contribution in [2.45, 2.75) is 57.1 Å². The van der Waals surface area contributed by atoms with E-state index in [9.17, 15) is 14.7 Å². The molecule has 1 aromatic heterocycles. The first-order chi connectivity index (χ1) is 15.1. The highest BCUT2D eigenvalue weighted by molar-refractivity contribution is 5.70. The molecule has 170 valence electrons. The number of rotatable bonds is 8. The first-order valence-corrected chi connectivity index (χ1v) is 11.7. The second kappa shape index (κ2) is 10.3. The van der Waals surface area contributed by atoms with Gasteiger partial charge in [-0.2, -0.15) is 0 Å². The number of carboxylic acids is 1. The second-order valence-electron chi connectivity index (χ2n) is 9.06. The molecule has 2 atom stereocenters. The Morgan fingerprint density at radius 1 is 1.10 bits per heavy atom. The second-order valence-corrected chi connectivity index (χ2v) is 9.06. The number of amides is 1. The Bertz CT molecular complexity index is 738. The van der Waals surface area contributed by atoms with Gasteiger partial charge in [0.1, 0.15) is 6.10 Å². The van der Waals surface area contributed by atoms with Crippen LogP contribution in [-0.2, 0) is 9.53 Å². The van der Waals surface area contributed by atoms with Crippen molar-refractivity contribution in [3.63, 3.8) is 0 Å². The Morgan fingerprint density at radius 3 is 2.61 bits per heavy atom. The molecule has 0 spiro atoms. The van der Waals surface area contributed by atoms with Crippen LogP contribution in [0.1, 0.15) is 44.9 Å². The fourth-order valence-electron chi connectivity index (χ4n) is 5.15. The minimum Gasteiger partial charge on any atom is -0.481 e. The van der Waals surface area contributed by atoms with Crippen LogP contribution in [0.15, 0.2) is 24.5 Å². The molecule has 1 N–H and O–H groups in total. The van der Waals surface area contributed by atoms with Crippen molar-refractivity contribution in [1.82, 2.24) is 14.8 Å². The highest BCUT2D eigenvalue weighted by atomic mass is 16.6. The summed E-state index contributed by atoms with van der Waals surface area (Å²) in [7, 11) is 0. The molecule has 2 unspecified atom stereocenters. The number of carbonyl (C=O) groups is 2. The number of likely N-dealkylation sites (tertiary alicyclic amines) is 1. The number of carboxylic acid groups (broad SMARTS) is 1. The third-order valence-electron chi connectivity index (χ3n) is 6.94. The van der Waals surface area contributed by atoms with E-state index in [1.54, 1.807) is 0 Å². The largest absolute Gasteiger partial charge is 0.481 e. The Kier molecular flexibility index (Phi) is 7.27. The Hall–Kier alpha value is -2.35. The number of hydrogen-bond acceptors (Lipinski definition) is 6. The van der Waals surface area contributed by atoms with Gasteiger partial charge in [-0.3, -0.25) is 9.78 Å². The first kappa shape index (κ1) is 21.9. The molecule has 0 aliphatic carbocycles. The molecule has 0 bridgehead atoms. The Morgan fingerprint density at radius 2 is 1.87 bits per heavy atom. The van der Waals surface area contributed by atoms with Crippen LogP contribution in [-0.4, -0.2) is 83.4 Å². The van der Waals surface area contributed by atoms with Gasteiger partial charge in [0, 0.05) is 43.8 Å². The lowest BCUT2D eigenvalue weighted by Crippen LogP contribution is -2.45. The van der Waals surface area contributed by atoms with Crippen LogP contribution in [0.3, 0.4) is 0 Å². The zero-order chi connectivity index (χ0) is 21.6. The number of anilines is 1. The molecule has 0 aromatic carbocycles. The summed E-state index contributed by atoms with van der Waals surface area (Å²) in [4.78, 5) is 34.3. The van der Waals surface area contributed by atoms with Gasteiger partial charge in [-0.1, -0.05) is 0 Å². The normalized spacial score (nSPS) is 25.6. The fraction of sp³-hybridized carbons (Fsp3) is 0.696. The van der Waals surface area contributed by atoms with Crippen LogP contribution in [0, 0.1) is 5.92 Å². The van der Waals surface area contributed by atoms with Gasteiger partial charge >= 0.3 is 12.1 Å². The van der Waals surface area contributed by atoms with E-state index in [4.69, 9.17) is 4.74 Å². The molecule has 3 saturated heterocycles. The number of piperidine rings is 2. The molecule has 31 heavy (non-hydrogen) atoms. The van der Waals surface area contributed by atoms with E-state index in [2.05, 4.69) is 14.8 Å². The third kappa shape index (κ3) is 5.67. The van der Waals surface area contributed by atoms with Gasteiger partial charge in [0.2, 0.25) is 0 Å². The summed E-state index contributed by atoms with van der Waals surface area (Å²) in [6.45, 7) is 5.17. The lowest BCUT2D eigenvalue weighted by atomic mass is 9.98.